The van der Waals surface area contributed by atoms with E-state index in [-0.39, 0.29) is 11.7 Å². The summed E-state index contributed by atoms with van der Waals surface area (Å²) >= 11 is 0. The molecule has 0 bridgehead atoms. The topological polar surface area (TPSA) is 38.0 Å². The summed E-state index contributed by atoms with van der Waals surface area (Å²) < 4.78 is 37.4. The number of hydrogen-bond acceptors (Lipinski definition) is 2. The van der Waals surface area contributed by atoms with E-state index in [0.717, 1.165) is 24.5 Å². The van der Waals surface area contributed by atoms with Gasteiger partial charge >= 0.3 is 6.18 Å². The van der Waals surface area contributed by atoms with E-state index < -0.39 is 11.7 Å². The summed E-state index contributed by atoms with van der Waals surface area (Å²) in [4.78, 5) is 0. The van der Waals surface area contributed by atoms with E-state index in [1.54, 1.807) is 0 Å². The molecule has 1 unspecified atom stereocenters. The third kappa shape index (κ3) is 3.31. The van der Waals surface area contributed by atoms with Gasteiger partial charge in [0.2, 0.25) is 0 Å². The molecule has 0 radical (unpaired) electrons. The van der Waals surface area contributed by atoms with Crippen LogP contribution in [0.4, 0.5) is 24.5 Å². The Morgan fingerprint density at radius 2 is 2.06 bits per heavy atom. The van der Waals surface area contributed by atoms with E-state index in [2.05, 4.69) is 5.32 Å². The number of nitrogens with one attached hydrogen (secondary N) is 1. The quantitative estimate of drug-likeness (QED) is 0.804. The van der Waals surface area contributed by atoms with Crippen molar-refractivity contribution in [1.29, 1.82) is 0 Å². The Balaban J connectivity index is 2.04. The van der Waals surface area contributed by atoms with Crippen LogP contribution in [-0.4, -0.2) is 6.04 Å². The van der Waals surface area contributed by atoms with Gasteiger partial charge in [-0.2, -0.15) is 13.2 Å². The first-order chi connectivity index (χ1) is 8.36. The normalized spacial score (nSPS) is 17.6. The van der Waals surface area contributed by atoms with E-state index in [0.29, 0.717) is 5.69 Å². The molecule has 0 heterocycles. The maximum atomic E-state index is 12.5. The summed E-state index contributed by atoms with van der Waals surface area (Å²) in [6, 6.07) is 3.67. The predicted octanol–water partition coefficient (Wildman–Crippen LogP) is 3.89. The van der Waals surface area contributed by atoms with Crippen LogP contribution in [0.1, 0.15) is 31.7 Å². The zero-order chi connectivity index (χ0) is 13.3. The van der Waals surface area contributed by atoms with Crippen molar-refractivity contribution in [1.82, 2.24) is 0 Å². The van der Waals surface area contributed by atoms with Gasteiger partial charge < -0.3 is 11.1 Å². The largest absolute Gasteiger partial charge is 0.416 e. The number of alkyl halides is 3. The van der Waals surface area contributed by atoms with Crippen LogP contribution >= 0.6 is 0 Å². The minimum absolute atomic E-state index is 0.146. The molecule has 1 saturated carbocycles. The summed E-state index contributed by atoms with van der Waals surface area (Å²) in [5.74, 6) is 0.767. The zero-order valence-corrected chi connectivity index (χ0v) is 10.2. The van der Waals surface area contributed by atoms with E-state index in [9.17, 15) is 13.2 Å². The molecule has 5 heteroatoms. The first-order valence-electron chi connectivity index (χ1n) is 6.09. The van der Waals surface area contributed by atoms with Crippen LogP contribution in [0.15, 0.2) is 18.2 Å². The van der Waals surface area contributed by atoms with Crippen molar-refractivity contribution in [2.24, 2.45) is 5.92 Å². The lowest BCUT2D eigenvalue weighted by Gasteiger charge is -2.17. The number of anilines is 2. The van der Waals surface area contributed by atoms with Crippen molar-refractivity contribution < 1.29 is 13.2 Å². The Morgan fingerprint density at radius 1 is 1.39 bits per heavy atom. The third-order valence-corrected chi connectivity index (χ3v) is 3.16. The second-order valence-corrected chi connectivity index (χ2v) is 5.02. The average molecular weight is 258 g/mol. The third-order valence-electron chi connectivity index (χ3n) is 3.16. The molecule has 1 atom stereocenters. The number of halogens is 3. The van der Waals surface area contributed by atoms with Crippen LogP contribution in [0, 0.1) is 5.92 Å². The molecule has 0 aliphatic heterocycles. The Morgan fingerprint density at radius 3 is 2.56 bits per heavy atom. The molecular formula is C13H17F3N2. The van der Waals surface area contributed by atoms with Gasteiger partial charge in [-0.25, -0.2) is 0 Å². The fraction of sp³-hybridized carbons (Fsp3) is 0.538. The SMILES string of the molecule is CC(CC1CC1)Nc1ccc(C(F)(F)F)cc1N. The average Bonchev–Trinajstić information content (AvgIpc) is 3.03. The highest BCUT2D eigenvalue weighted by Gasteiger charge is 2.31. The molecule has 1 aromatic rings. The molecular weight excluding hydrogens is 241 g/mol. The summed E-state index contributed by atoms with van der Waals surface area (Å²) in [5.41, 5.74) is 5.67. The van der Waals surface area contributed by atoms with Gasteiger partial charge in [-0.3, -0.25) is 0 Å². The molecule has 1 aliphatic carbocycles. The molecule has 0 amide bonds. The standard InChI is InChI=1S/C13H17F3N2/c1-8(6-9-2-3-9)18-12-5-4-10(7-11(12)17)13(14,15)16/h4-5,7-9,18H,2-3,6,17H2,1H3. The second-order valence-electron chi connectivity index (χ2n) is 5.02. The molecule has 1 aliphatic rings. The molecule has 1 fully saturated rings. The van der Waals surface area contributed by atoms with E-state index in [1.165, 1.54) is 18.9 Å². The zero-order valence-electron chi connectivity index (χ0n) is 10.2. The summed E-state index contributed by atoms with van der Waals surface area (Å²) in [5, 5.41) is 3.17. The van der Waals surface area contributed by atoms with Crippen LogP contribution in [-0.2, 0) is 6.18 Å². The van der Waals surface area contributed by atoms with Crippen molar-refractivity contribution in [2.45, 2.75) is 38.4 Å². The predicted molar refractivity (Wildman–Crippen MR) is 66.3 cm³/mol. The van der Waals surface area contributed by atoms with Crippen molar-refractivity contribution in [3.05, 3.63) is 23.8 Å². The molecule has 2 rings (SSSR count). The molecule has 18 heavy (non-hydrogen) atoms. The number of hydrogen-bond donors (Lipinski definition) is 2. The molecule has 0 aromatic heterocycles. The van der Waals surface area contributed by atoms with Gasteiger partial charge in [0.1, 0.15) is 0 Å². The van der Waals surface area contributed by atoms with Crippen LogP contribution in [0.25, 0.3) is 0 Å². The summed E-state index contributed by atoms with van der Waals surface area (Å²) in [6.45, 7) is 2.02. The maximum absolute atomic E-state index is 12.5. The number of rotatable bonds is 4. The number of nitrogens with two attached hydrogens (primary N) is 1. The number of nitrogen functional groups attached to an aromatic ring is 1. The number of benzene rings is 1. The lowest BCUT2D eigenvalue weighted by Crippen LogP contribution is -2.17. The summed E-state index contributed by atoms with van der Waals surface area (Å²) in [6.07, 6.45) is -0.782. The lowest BCUT2D eigenvalue weighted by atomic mass is 10.1. The smallest absolute Gasteiger partial charge is 0.397 e. The molecule has 0 saturated heterocycles. The highest BCUT2D eigenvalue weighted by Crippen LogP contribution is 2.36. The first kappa shape index (κ1) is 13.1. The fourth-order valence-electron chi connectivity index (χ4n) is 2.05. The molecule has 2 nitrogen and oxygen atoms in total. The van der Waals surface area contributed by atoms with Crippen LogP contribution in [0.2, 0.25) is 0 Å². The van der Waals surface area contributed by atoms with Crippen molar-refractivity contribution in [2.75, 3.05) is 11.1 Å². The monoisotopic (exact) mass is 258 g/mol. The second kappa shape index (κ2) is 4.71. The minimum Gasteiger partial charge on any atom is -0.397 e. The molecule has 1 aromatic carbocycles. The molecule has 0 spiro atoms. The Labute approximate surface area is 104 Å². The van der Waals surface area contributed by atoms with E-state index in [1.807, 2.05) is 6.92 Å². The van der Waals surface area contributed by atoms with Gasteiger partial charge in [-0.15, -0.1) is 0 Å². The van der Waals surface area contributed by atoms with Gasteiger partial charge in [-0.05, 0) is 37.5 Å². The molecule has 100 valence electrons. The first-order valence-corrected chi connectivity index (χ1v) is 6.09. The highest BCUT2D eigenvalue weighted by molar-refractivity contribution is 5.67. The van der Waals surface area contributed by atoms with Gasteiger partial charge in [0, 0.05) is 6.04 Å². The van der Waals surface area contributed by atoms with Crippen LogP contribution < -0.4 is 11.1 Å². The van der Waals surface area contributed by atoms with Crippen LogP contribution in [0.3, 0.4) is 0 Å². The van der Waals surface area contributed by atoms with Crippen molar-refractivity contribution in [3.8, 4) is 0 Å². The van der Waals surface area contributed by atoms with Crippen molar-refractivity contribution >= 4 is 11.4 Å². The van der Waals surface area contributed by atoms with E-state index >= 15 is 0 Å². The highest BCUT2D eigenvalue weighted by atomic mass is 19.4. The van der Waals surface area contributed by atoms with E-state index in [4.69, 9.17) is 5.73 Å². The minimum atomic E-state index is -4.34. The van der Waals surface area contributed by atoms with Gasteiger partial charge in [0.05, 0.1) is 16.9 Å². The lowest BCUT2D eigenvalue weighted by molar-refractivity contribution is -0.137. The Kier molecular flexibility index (Phi) is 3.41. The summed E-state index contributed by atoms with van der Waals surface area (Å²) in [7, 11) is 0. The fourth-order valence-corrected chi connectivity index (χ4v) is 2.05. The van der Waals surface area contributed by atoms with Gasteiger partial charge in [0.15, 0.2) is 0 Å². The maximum Gasteiger partial charge on any atom is 0.416 e. The Bertz CT molecular complexity index is 425. The van der Waals surface area contributed by atoms with Gasteiger partial charge in [0.25, 0.3) is 0 Å². The van der Waals surface area contributed by atoms with Gasteiger partial charge in [-0.1, -0.05) is 12.8 Å². The van der Waals surface area contributed by atoms with Crippen molar-refractivity contribution in [3.63, 3.8) is 0 Å². The molecule has 3 N–H and O–H groups in total. The Hall–Kier alpha value is -1.39. The van der Waals surface area contributed by atoms with Crippen LogP contribution in [0.5, 0.6) is 0 Å².